The van der Waals surface area contributed by atoms with Gasteiger partial charge in [0.1, 0.15) is 0 Å². The van der Waals surface area contributed by atoms with E-state index in [2.05, 4.69) is 52.3 Å². The highest BCUT2D eigenvalue weighted by atomic mass is 35.5. The summed E-state index contributed by atoms with van der Waals surface area (Å²) in [4.78, 5) is 4.90. The van der Waals surface area contributed by atoms with Gasteiger partial charge in [0.25, 0.3) is 0 Å². The van der Waals surface area contributed by atoms with Gasteiger partial charge >= 0.3 is 0 Å². The van der Waals surface area contributed by atoms with Crippen LogP contribution in [0.25, 0.3) is 5.70 Å². The van der Waals surface area contributed by atoms with Gasteiger partial charge < -0.3 is 10.6 Å². The number of benzene rings is 3. The summed E-state index contributed by atoms with van der Waals surface area (Å²) in [6.07, 6.45) is 4.70. The second-order valence-corrected chi connectivity index (χ2v) is 9.53. The molecule has 1 atom stereocenters. The summed E-state index contributed by atoms with van der Waals surface area (Å²) >= 11 is 12.6. The van der Waals surface area contributed by atoms with E-state index in [0.29, 0.717) is 11.6 Å². The molecule has 32 heavy (non-hydrogen) atoms. The molecule has 0 saturated carbocycles. The molecule has 0 bridgehead atoms. The van der Waals surface area contributed by atoms with E-state index in [1.165, 1.54) is 42.6 Å². The molecule has 2 N–H and O–H groups in total. The van der Waals surface area contributed by atoms with Gasteiger partial charge in [-0.1, -0.05) is 59.6 Å². The Labute approximate surface area is 200 Å². The van der Waals surface area contributed by atoms with Gasteiger partial charge in [0.05, 0.1) is 6.04 Å². The van der Waals surface area contributed by atoms with Crippen molar-refractivity contribution in [3.05, 3.63) is 105 Å². The molecule has 2 heterocycles. The number of rotatable bonds is 5. The Hall–Kier alpha value is -2.46. The number of fused-ring (bicyclic) bond motifs is 1. The van der Waals surface area contributed by atoms with Crippen LogP contribution in [0.15, 0.2) is 72.8 Å². The lowest BCUT2D eigenvalue weighted by Gasteiger charge is -2.37. The van der Waals surface area contributed by atoms with Crippen LogP contribution in [0.4, 0.5) is 5.69 Å². The van der Waals surface area contributed by atoms with E-state index >= 15 is 0 Å². The molecule has 0 aliphatic carbocycles. The van der Waals surface area contributed by atoms with Crippen LogP contribution in [-0.4, -0.2) is 24.5 Å². The highest BCUT2D eigenvalue weighted by molar-refractivity contribution is 6.31. The molecule has 0 radical (unpaired) electrons. The monoisotopic (exact) mass is 463 g/mol. The Morgan fingerprint density at radius 1 is 0.812 bits per heavy atom. The van der Waals surface area contributed by atoms with Crippen molar-refractivity contribution in [2.24, 2.45) is 5.73 Å². The van der Waals surface area contributed by atoms with Crippen LogP contribution in [0.5, 0.6) is 0 Å². The average molecular weight is 464 g/mol. The highest BCUT2D eigenvalue weighted by Gasteiger charge is 2.27. The van der Waals surface area contributed by atoms with Crippen molar-refractivity contribution >= 4 is 34.6 Å². The van der Waals surface area contributed by atoms with Crippen LogP contribution < -0.4 is 10.6 Å². The molecule has 1 saturated heterocycles. The predicted molar refractivity (Wildman–Crippen MR) is 135 cm³/mol. The molecule has 3 nitrogen and oxygen atoms in total. The topological polar surface area (TPSA) is 32.5 Å². The van der Waals surface area contributed by atoms with Gasteiger partial charge in [-0.15, -0.1) is 0 Å². The van der Waals surface area contributed by atoms with Crippen LogP contribution >= 0.6 is 23.2 Å². The Morgan fingerprint density at radius 2 is 1.44 bits per heavy atom. The van der Waals surface area contributed by atoms with Gasteiger partial charge in [0.2, 0.25) is 0 Å². The fourth-order valence-electron chi connectivity index (χ4n) is 4.84. The maximum Gasteiger partial charge on any atom is 0.0799 e. The molecule has 0 amide bonds. The van der Waals surface area contributed by atoms with Crippen molar-refractivity contribution in [2.45, 2.75) is 25.4 Å². The van der Waals surface area contributed by atoms with Crippen molar-refractivity contribution in [2.75, 3.05) is 24.5 Å². The molecule has 3 aromatic rings. The van der Waals surface area contributed by atoms with Crippen LogP contribution in [0.3, 0.4) is 0 Å². The van der Waals surface area contributed by atoms with Crippen LogP contribution in [0, 0.1) is 0 Å². The summed E-state index contributed by atoms with van der Waals surface area (Å²) in [7, 11) is 0. The summed E-state index contributed by atoms with van der Waals surface area (Å²) in [5.41, 5.74) is 13.0. The van der Waals surface area contributed by atoms with Crippen LogP contribution in [0.1, 0.15) is 41.1 Å². The lowest BCUT2D eigenvalue weighted by molar-refractivity contribution is 0.331. The lowest BCUT2D eigenvalue weighted by Crippen LogP contribution is -2.33. The maximum atomic E-state index is 6.40. The number of halogens is 2. The third kappa shape index (κ3) is 4.38. The number of nitrogens with zero attached hydrogens (tertiary/aromatic N) is 2. The van der Waals surface area contributed by atoms with Crippen LogP contribution in [-0.2, 0) is 6.54 Å². The SMILES string of the molecule is NC1=CCN(C(c2ccc(Cl)cc2)c2ccc(CN3CCCC3)cc2)c2cc(Cl)ccc21. The molecule has 164 valence electrons. The van der Waals surface area contributed by atoms with E-state index in [1.54, 1.807) is 0 Å². The van der Waals surface area contributed by atoms with Gasteiger partial charge in [-0.3, -0.25) is 4.90 Å². The third-order valence-electron chi connectivity index (χ3n) is 6.49. The highest BCUT2D eigenvalue weighted by Crippen LogP contribution is 2.40. The predicted octanol–water partition coefficient (Wildman–Crippen LogP) is 6.50. The van der Waals surface area contributed by atoms with Gasteiger partial charge in [0, 0.05) is 40.1 Å². The van der Waals surface area contributed by atoms with E-state index in [1.807, 2.05) is 30.3 Å². The molecule has 1 fully saturated rings. The first kappa shape index (κ1) is 21.4. The van der Waals surface area contributed by atoms with Gasteiger partial charge in [0.15, 0.2) is 0 Å². The molecule has 5 heteroatoms. The van der Waals surface area contributed by atoms with Gasteiger partial charge in [-0.2, -0.15) is 0 Å². The first-order valence-corrected chi connectivity index (χ1v) is 11.9. The van der Waals surface area contributed by atoms with E-state index < -0.39 is 0 Å². The number of hydrogen-bond acceptors (Lipinski definition) is 3. The standard InChI is InChI=1S/C27H27Cl2N3/c28-22-9-7-21(8-10-22)27(20-5-3-19(4-6-20)18-31-14-1-2-15-31)32-16-13-25(30)24-12-11-23(29)17-26(24)32/h3-13,17,27H,1-2,14-16,18,30H2. The molecule has 2 aliphatic rings. The fourth-order valence-corrected chi connectivity index (χ4v) is 5.13. The molecule has 0 aromatic heterocycles. The van der Waals surface area contributed by atoms with E-state index in [9.17, 15) is 0 Å². The number of likely N-dealkylation sites (tertiary alicyclic amines) is 1. The summed E-state index contributed by atoms with van der Waals surface area (Å²) in [5, 5.41) is 1.44. The largest absolute Gasteiger partial charge is 0.398 e. The molecular weight excluding hydrogens is 437 g/mol. The minimum Gasteiger partial charge on any atom is -0.398 e. The van der Waals surface area contributed by atoms with Crippen molar-refractivity contribution in [3.63, 3.8) is 0 Å². The zero-order chi connectivity index (χ0) is 22.1. The van der Waals surface area contributed by atoms with Gasteiger partial charge in [-0.25, -0.2) is 0 Å². The Morgan fingerprint density at radius 3 is 2.12 bits per heavy atom. The van der Waals surface area contributed by atoms with E-state index in [0.717, 1.165) is 28.5 Å². The minimum absolute atomic E-state index is 0.0228. The minimum atomic E-state index is 0.0228. The zero-order valence-corrected chi connectivity index (χ0v) is 19.5. The summed E-state index contributed by atoms with van der Waals surface area (Å²) in [5.74, 6) is 0. The van der Waals surface area contributed by atoms with Crippen molar-refractivity contribution in [1.29, 1.82) is 0 Å². The Kier molecular flexibility index (Phi) is 6.14. The second kappa shape index (κ2) is 9.19. The molecule has 0 spiro atoms. The molecule has 1 unspecified atom stereocenters. The van der Waals surface area contributed by atoms with E-state index in [4.69, 9.17) is 28.9 Å². The normalized spacial score (nSPS) is 17.2. The smallest absolute Gasteiger partial charge is 0.0799 e. The number of anilines is 1. The maximum absolute atomic E-state index is 6.40. The Balaban J connectivity index is 1.54. The summed E-state index contributed by atoms with van der Waals surface area (Å²) < 4.78 is 0. The molecular formula is C27H27Cl2N3. The summed E-state index contributed by atoms with van der Waals surface area (Å²) in [6.45, 7) is 4.14. The van der Waals surface area contributed by atoms with Crippen molar-refractivity contribution in [1.82, 2.24) is 4.90 Å². The zero-order valence-electron chi connectivity index (χ0n) is 18.0. The van der Waals surface area contributed by atoms with Crippen molar-refractivity contribution in [3.8, 4) is 0 Å². The molecule has 3 aromatic carbocycles. The molecule has 2 aliphatic heterocycles. The fraction of sp³-hybridized carbons (Fsp3) is 0.259. The number of nitrogens with two attached hydrogens (primary N) is 1. The summed E-state index contributed by atoms with van der Waals surface area (Å²) in [6, 6.07) is 23.1. The first-order valence-electron chi connectivity index (χ1n) is 11.2. The van der Waals surface area contributed by atoms with Gasteiger partial charge in [-0.05, 0) is 79.0 Å². The first-order chi connectivity index (χ1) is 15.6. The number of hydrogen-bond donors (Lipinski definition) is 1. The van der Waals surface area contributed by atoms with Crippen LogP contribution in [0.2, 0.25) is 10.0 Å². The third-order valence-corrected chi connectivity index (χ3v) is 6.97. The molecule has 5 rings (SSSR count). The lowest BCUT2D eigenvalue weighted by atomic mass is 9.93. The quantitative estimate of drug-likeness (QED) is 0.468. The van der Waals surface area contributed by atoms with Crippen molar-refractivity contribution < 1.29 is 0 Å². The van der Waals surface area contributed by atoms with E-state index in [-0.39, 0.29) is 6.04 Å². The Bertz CT molecular complexity index is 1120. The average Bonchev–Trinajstić information content (AvgIpc) is 3.31. The second-order valence-electron chi connectivity index (χ2n) is 8.65.